The second kappa shape index (κ2) is 6.17. The van der Waals surface area contributed by atoms with Gasteiger partial charge in [0.1, 0.15) is 5.75 Å². The molecule has 18 heavy (non-hydrogen) atoms. The van der Waals surface area contributed by atoms with E-state index in [9.17, 15) is 13.5 Å². The summed E-state index contributed by atoms with van der Waals surface area (Å²) in [5.41, 5.74) is 0.752. The number of hydrogen-bond donors (Lipinski definition) is 2. The van der Waals surface area contributed by atoms with Crippen LogP contribution in [-0.4, -0.2) is 46.1 Å². The molecule has 1 atom stereocenters. The first kappa shape index (κ1) is 14.9. The van der Waals surface area contributed by atoms with Gasteiger partial charge in [-0.25, -0.2) is 8.42 Å². The van der Waals surface area contributed by atoms with E-state index in [-0.39, 0.29) is 17.2 Å². The lowest BCUT2D eigenvalue weighted by molar-refractivity contribution is 0.197. The zero-order valence-electron chi connectivity index (χ0n) is 10.8. The summed E-state index contributed by atoms with van der Waals surface area (Å²) < 4.78 is 29.2. The van der Waals surface area contributed by atoms with E-state index in [1.807, 2.05) is 0 Å². The first-order valence-electron chi connectivity index (χ1n) is 5.60. The lowest BCUT2D eigenvalue weighted by Crippen LogP contribution is -2.30. The zero-order chi connectivity index (χ0) is 13.8. The largest absolute Gasteiger partial charge is 0.496 e. The molecule has 0 radical (unpaired) electrons. The standard InChI is InChI=1S/C12H19NO4S/c1-9-6-11(4-5-12(9)17-3)18(15,16)8-10(14)7-13-2/h4-6,10,13-14H,7-8H2,1-3H3. The van der Waals surface area contributed by atoms with Gasteiger partial charge in [-0.3, -0.25) is 0 Å². The van der Waals surface area contributed by atoms with Crippen molar-refractivity contribution >= 4 is 9.84 Å². The van der Waals surface area contributed by atoms with Crippen molar-refractivity contribution in [2.75, 3.05) is 26.5 Å². The second-order valence-electron chi connectivity index (χ2n) is 4.12. The Labute approximate surface area is 108 Å². The van der Waals surface area contributed by atoms with Gasteiger partial charge in [-0.05, 0) is 37.7 Å². The zero-order valence-corrected chi connectivity index (χ0v) is 11.6. The van der Waals surface area contributed by atoms with Crippen LogP contribution in [0.5, 0.6) is 5.75 Å². The Morgan fingerprint density at radius 2 is 2.11 bits per heavy atom. The maximum absolute atomic E-state index is 12.0. The normalized spacial score (nSPS) is 13.3. The minimum absolute atomic E-state index is 0.205. The van der Waals surface area contributed by atoms with Crippen LogP contribution in [-0.2, 0) is 9.84 Å². The SMILES string of the molecule is CNCC(O)CS(=O)(=O)c1ccc(OC)c(C)c1. The molecule has 0 bridgehead atoms. The van der Waals surface area contributed by atoms with Gasteiger partial charge < -0.3 is 15.2 Å². The van der Waals surface area contributed by atoms with Crippen LogP contribution in [0.2, 0.25) is 0 Å². The van der Waals surface area contributed by atoms with E-state index in [4.69, 9.17) is 4.74 Å². The highest BCUT2D eigenvalue weighted by Gasteiger charge is 2.20. The fourth-order valence-corrected chi connectivity index (χ4v) is 3.14. The average molecular weight is 273 g/mol. The number of nitrogens with one attached hydrogen (secondary N) is 1. The Balaban J connectivity index is 2.95. The van der Waals surface area contributed by atoms with Crippen LogP contribution in [0.3, 0.4) is 0 Å². The summed E-state index contributed by atoms with van der Waals surface area (Å²) in [5.74, 6) is 0.351. The van der Waals surface area contributed by atoms with E-state index in [2.05, 4.69) is 5.32 Å². The molecule has 5 nitrogen and oxygen atoms in total. The average Bonchev–Trinajstić information content (AvgIpc) is 2.28. The van der Waals surface area contributed by atoms with Gasteiger partial charge in [0.15, 0.2) is 9.84 Å². The lowest BCUT2D eigenvalue weighted by atomic mass is 10.2. The van der Waals surface area contributed by atoms with Crippen molar-refractivity contribution in [1.29, 1.82) is 0 Å². The molecule has 0 amide bonds. The van der Waals surface area contributed by atoms with Crippen molar-refractivity contribution in [3.05, 3.63) is 23.8 Å². The number of rotatable bonds is 6. The van der Waals surface area contributed by atoms with Crippen LogP contribution in [0.4, 0.5) is 0 Å². The number of sulfone groups is 1. The Morgan fingerprint density at radius 3 is 2.61 bits per heavy atom. The summed E-state index contributed by atoms with van der Waals surface area (Å²) in [6, 6.07) is 4.67. The van der Waals surface area contributed by atoms with Crippen LogP contribution in [0, 0.1) is 6.92 Å². The molecule has 0 aromatic heterocycles. The quantitative estimate of drug-likeness (QED) is 0.782. The Bertz CT molecular complexity index is 499. The van der Waals surface area contributed by atoms with Crippen molar-refractivity contribution in [2.24, 2.45) is 0 Å². The molecule has 1 aromatic rings. The van der Waals surface area contributed by atoms with E-state index in [0.717, 1.165) is 5.56 Å². The van der Waals surface area contributed by atoms with Crippen LogP contribution < -0.4 is 10.1 Å². The molecule has 1 unspecified atom stereocenters. The van der Waals surface area contributed by atoms with E-state index in [0.29, 0.717) is 5.75 Å². The third-order valence-electron chi connectivity index (χ3n) is 2.58. The van der Waals surface area contributed by atoms with Gasteiger partial charge in [0.05, 0.1) is 23.9 Å². The van der Waals surface area contributed by atoms with Gasteiger partial charge in [-0.1, -0.05) is 0 Å². The van der Waals surface area contributed by atoms with Gasteiger partial charge in [0.2, 0.25) is 0 Å². The number of methoxy groups -OCH3 is 1. The molecule has 2 N–H and O–H groups in total. The molecule has 1 rings (SSSR count). The lowest BCUT2D eigenvalue weighted by Gasteiger charge is -2.12. The van der Waals surface area contributed by atoms with Crippen LogP contribution >= 0.6 is 0 Å². The minimum Gasteiger partial charge on any atom is -0.496 e. The predicted molar refractivity (Wildman–Crippen MR) is 69.7 cm³/mol. The van der Waals surface area contributed by atoms with Crippen molar-refractivity contribution in [3.8, 4) is 5.75 Å². The molecule has 0 aliphatic heterocycles. The third kappa shape index (κ3) is 3.69. The molecule has 1 aromatic carbocycles. The number of benzene rings is 1. The highest BCUT2D eigenvalue weighted by atomic mass is 32.2. The molecule has 0 aliphatic carbocycles. The van der Waals surface area contributed by atoms with E-state index < -0.39 is 15.9 Å². The summed E-state index contributed by atoms with van der Waals surface area (Å²) >= 11 is 0. The smallest absolute Gasteiger partial charge is 0.180 e. The monoisotopic (exact) mass is 273 g/mol. The fourth-order valence-electron chi connectivity index (χ4n) is 1.69. The summed E-state index contributed by atoms with van der Waals surface area (Å²) in [6.45, 7) is 2.02. The molecule has 0 saturated heterocycles. The molecule has 0 spiro atoms. The maximum Gasteiger partial charge on any atom is 0.180 e. The molecule has 0 aliphatic rings. The van der Waals surface area contributed by atoms with E-state index in [1.54, 1.807) is 26.1 Å². The maximum atomic E-state index is 12.0. The molecular weight excluding hydrogens is 254 g/mol. The van der Waals surface area contributed by atoms with Gasteiger partial charge >= 0.3 is 0 Å². The van der Waals surface area contributed by atoms with Crippen LogP contribution in [0.1, 0.15) is 5.56 Å². The Morgan fingerprint density at radius 1 is 1.44 bits per heavy atom. The third-order valence-corrected chi connectivity index (χ3v) is 4.37. The Kier molecular flexibility index (Phi) is 5.13. The fraction of sp³-hybridized carbons (Fsp3) is 0.500. The first-order valence-corrected chi connectivity index (χ1v) is 7.26. The van der Waals surface area contributed by atoms with Gasteiger partial charge in [0.25, 0.3) is 0 Å². The summed E-state index contributed by atoms with van der Waals surface area (Å²) in [7, 11) is -0.280. The van der Waals surface area contributed by atoms with Crippen molar-refractivity contribution < 1.29 is 18.3 Å². The summed E-state index contributed by atoms with van der Waals surface area (Å²) in [5, 5.41) is 12.3. The van der Waals surface area contributed by atoms with E-state index >= 15 is 0 Å². The van der Waals surface area contributed by atoms with E-state index in [1.165, 1.54) is 13.2 Å². The van der Waals surface area contributed by atoms with Gasteiger partial charge in [0, 0.05) is 6.54 Å². The minimum atomic E-state index is -3.47. The van der Waals surface area contributed by atoms with Crippen molar-refractivity contribution in [2.45, 2.75) is 17.9 Å². The highest BCUT2D eigenvalue weighted by molar-refractivity contribution is 7.91. The van der Waals surface area contributed by atoms with Gasteiger partial charge in [-0.15, -0.1) is 0 Å². The van der Waals surface area contributed by atoms with Crippen LogP contribution in [0.15, 0.2) is 23.1 Å². The molecule has 6 heteroatoms. The molecule has 0 saturated carbocycles. The molecule has 0 heterocycles. The number of aryl methyl sites for hydroxylation is 1. The number of aliphatic hydroxyl groups is 1. The van der Waals surface area contributed by atoms with Crippen molar-refractivity contribution in [3.63, 3.8) is 0 Å². The molecule has 102 valence electrons. The number of ether oxygens (including phenoxy) is 1. The summed E-state index contributed by atoms with van der Waals surface area (Å²) in [4.78, 5) is 0.205. The van der Waals surface area contributed by atoms with Crippen LogP contribution in [0.25, 0.3) is 0 Å². The highest BCUT2D eigenvalue weighted by Crippen LogP contribution is 2.22. The second-order valence-corrected chi connectivity index (χ2v) is 6.16. The molecular formula is C12H19NO4S. The van der Waals surface area contributed by atoms with Gasteiger partial charge in [-0.2, -0.15) is 0 Å². The first-order chi connectivity index (χ1) is 8.40. The number of aliphatic hydroxyl groups excluding tert-OH is 1. The van der Waals surface area contributed by atoms with Crippen molar-refractivity contribution in [1.82, 2.24) is 5.32 Å². The Hall–Kier alpha value is -1.11. The number of likely N-dealkylation sites (N-methyl/N-ethyl adjacent to an activating group) is 1. The number of hydrogen-bond acceptors (Lipinski definition) is 5. The summed E-state index contributed by atoms with van der Waals surface area (Å²) in [6.07, 6.45) is -0.914. The molecule has 0 fully saturated rings. The predicted octanol–water partition coefficient (Wildman–Crippen LogP) is 0.358. The topological polar surface area (TPSA) is 75.6 Å².